The third kappa shape index (κ3) is 4.26. The van der Waals surface area contributed by atoms with E-state index >= 15 is 0 Å². The van der Waals surface area contributed by atoms with Crippen molar-refractivity contribution in [3.05, 3.63) is 34.1 Å². The van der Waals surface area contributed by atoms with Crippen LogP contribution in [0.25, 0.3) is 0 Å². The average molecular weight is 329 g/mol. The molecule has 1 aliphatic rings. The van der Waals surface area contributed by atoms with Gasteiger partial charge in [0.15, 0.2) is 0 Å². The molecular formula is C15H22BrFN2. The molecule has 0 aliphatic carbocycles. The summed E-state index contributed by atoms with van der Waals surface area (Å²) < 4.78 is 14.2. The Labute approximate surface area is 123 Å². The summed E-state index contributed by atoms with van der Waals surface area (Å²) in [7, 11) is 0. The molecule has 2 nitrogen and oxygen atoms in total. The average Bonchev–Trinajstić information content (AvgIpc) is 2.50. The maximum Gasteiger partial charge on any atom is 0.124 e. The lowest BCUT2D eigenvalue weighted by molar-refractivity contribution is 0.208. The van der Waals surface area contributed by atoms with Crippen molar-refractivity contribution in [2.45, 2.75) is 38.8 Å². The van der Waals surface area contributed by atoms with E-state index in [9.17, 15) is 4.39 Å². The zero-order chi connectivity index (χ0) is 13.9. The van der Waals surface area contributed by atoms with E-state index in [1.807, 2.05) is 6.07 Å². The van der Waals surface area contributed by atoms with Gasteiger partial charge < -0.3 is 5.32 Å². The zero-order valence-electron chi connectivity index (χ0n) is 11.7. The number of hydrogen-bond donors (Lipinski definition) is 1. The van der Waals surface area contributed by atoms with Crippen LogP contribution in [0, 0.1) is 5.82 Å². The standard InChI is InChI=1S/C15H22BrFN2/c1-3-15(2)11-19(6-4-5-18-15)10-12-7-13(16)9-14(17)8-12/h7-9,18H,3-6,10-11H2,1-2H3. The Hall–Kier alpha value is -0.450. The second kappa shape index (κ2) is 6.33. The maximum atomic E-state index is 13.4. The second-order valence-electron chi connectivity index (χ2n) is 5.68. The Morgan fingerprint density at radius 3 is 2.89 bits per heavy atom. The lowest BCUT2D eigenvalue weighted by Gasteiger charge is -2.32. The largest absolute Gasteiger partial charge is 0.310 e. The molecule has 1 aromatic rings. The first kappa shape index (κ1) is 14.9. The molecule has 1 atom stereocenters. The number of hydrogen-bond acceptors (Lipinski definition) is 2. The van der Waals surface area contributed by atoms with Crippen molar-refractivity contribution in [1.29, 1.82) is 0 Å². The van der Waals surface area contributed by atoms with Crippen LogP contribution < -0.4 is 5.32 Å². The van der Waals surface area contributed by atoms with E-state index in [2.05, 4.69) is 40.0 Å². The van der Waals surface area contributed by atoms with Gasteiger partial charge in [-0.3, -0.25) is 4.90 Å². The number of halogens is 2. The zero-order valence-corrected chi connectivity index (χ0v) is 13.3. The predicted octanol–water partition coefficient (Wildman–Crippen LogP) is 3.55. The van der Waals surface area contributed by atoms with E-state index in [1.165, 1.54) is 6.07 Å². The molecule has 1 heterocycles. The van der Waals surface area contributed by atoms with Gasteiger partial charge in [-0.15, -0.1) is 0 Å². The molecule has 1 N–H and O–H groups in total. The first-order valence-corrected chi connectivity index (χ1v) is 7.72. The number of nitrogens with one attached hydrogen (secondary N) is 1. The highest BCUT2D eigenvalue weighted by molar-refractivity contribution is 9.10. The van der Waals surface area contributed by atoms with Crippen LogP contribution in [0.15, 0.2) is 22.7 Å². The monoisotopic (exact) mass is 328 g/mol. The molecule has 1 unspecified atom stereocenters. The van der Waals surface area contributed by atoms with E-state index in [0.29, 0.717) is 0 Å². The molecule has 0 radical (unpaired) electrons. The Morgan fingerprint density at radius 2 is 2.21 bits per heavy atom. The molecule has 0 bridgehead atoms. The minimum atomic E-state index is -0.171. The van der Waals surface area contributed by atoms with Gasteiger partial charge in [0.25, 0.3) is 0 Å². The topological polar surface area (TPSA) is 15.3 Å². The van der Waals surface area contributed by atoms with Crippen molar-refractivity contribution in [3.8, 4) is 0 Å². The van der Waals surface area contributed by atoms with Crippen LogP contribution in [0.5, 0.6) is 0 Å². The third-order valence-electron chi connectivity index (χ3n) is 3.88. The van der Waals surface area contributed by atoms with Gasteiger partial charge in [-0.1, -0.05) is 22.9 Å². The molecule has 19 heavy (non-hydrogen) atoms. The van der Waals surface area contributed by atoms with Crippen molar-refractivity contribution >= 4 is 15.9 Å². The van der Waals surface area contributed by atoms with Crippen molar-refractivity contribution in [2.75, 3.05) is 19.6 Å². The van der Waals surface area contributed by atoms with Gasteiger partial charge in [-0.2, -0.15) is 0 Å². The van der Waals surface area contributed by atoms with Gasteiger partial charge >= 0.3 is 0 Å². The SMILES string of the molecule is CCC1(C)CN(Cc2cc(F)cc(Br)c2)CCCN1. The van der Waals surface area contributed by atoms with Crippen LogP contribution in [-0.4, -0.2) is 30.1 Å². The summed E-state index contributed by atoms with van der Waals surface area (Å²) in [4.78, 5) is 2.42. The molecule has 0 saturated carbocycles. The summed E-state index contributed by atoms with van der Waals surface area (Å²) in [6.45, 7) is 8.44. The van der Waals surface area contributed by atoms with Gasteiger partial charge in [0, 0.05) is 23.1 Å². The number of rotatable bonds is 3. The van der Waals surface area contributed by atoms with Crippen LogP contribution in [0.2, 0.25) is 0 Å². The van der Waals surface area contributed by atoms with Gasteiger partial charge in [0.05, 0.1) is 0 Å². The van der Waals surface area contributed by atoms with Crippen LogP contribution >= 0.6 is 15.9 Å². The first-order valence-electron chi connectivity index (χ1n) is 6.93. The van der Waals surface area contributed by atoms with Gasteiger partial charge in [-0.05, 0) is 56.6 Å². The van der Waals surface area contributed by atoms with E-state index in [1.54, 1.807) is 6.07 Å². The van der Waals surface area contributed by atoms with Crippen LogP contribution in [-0.2, 0) is 6.54 Å². The van der Waals surface area contributed by atoms with E-state index < -0.39 is 0 Å². The normalized spacial score (nSPS) is 25.3. The third-order valence-corrected chi connectivity index (χ3v) is 4.34. The Bertz CT molecular complexity index is 418. The van der Waals surface area contributed by atoms with Crippen LogP contribution in [0.4, 0.5) is 4.39 Å². The lowest BCUT2D eigenvalue weighted by Crippen LogP contribution is -2.48. The summed E-state index contributed by atoms with van der Waals surface area (Å²) in [6.07, 6.45) is 2.25. The highest BCUT2D eigenvalue weighted by Gasteiger charge is 2.26. The highest BCUT2D eigenvalue weighted by atomic mass is 79.9. The minimum Gasteiger partial charge on any atom is -0.310 e. The fourth-order valence-corrected chi connectivity index (χ4v) is 3.17. The van der Waals surface area contributed by atoms with Gasteiger partial charge in [-0.25, -0.2) is 4.39 Å². The highest BCUT2D eigenvalue weighted by Crippen LogP contribution is 2.20. The van der Waals surface area contributed by atoms with E-state index in [0.717, 1.165) is 49.1 Å². The Morgan fingerprint density at radius 1 is 1.42 bits per heavy atom. The molecule has 0 amide bonds. The smallest absolute Gasteiger partial charge is 0.124 e. The van der Waals surface area contributed by atoms with Crippen molar-refractivity contribution in [3.63, 3.8) is 0 Å². The molecular weight excluding hydrogens is 307 g/mol. The molecule has 4 heteroatoms. The van der Waals surface area contributed by atoms with Gasteiger partial charge in [0.2, 0.25) is 0 Å². The fourth-order valence-electron chi connectivity index (χ4n) is 2.65. The molecule has 0 spiro atoms. The van der Waals surface area contributed by atoms with Crippen molar-refractivity contribution < 1.29 is 4.39 Å². The van der Waals surface area contributed by atoms with E-state index in [4.69, 9.17) is 0 Å². The second-order valence-corrected chi connectivity index (χ2v) is 6.60. The summed E-state index contributed by atoms with van der Waals surface area (Å²) >= 11 is 3.36. The molecule has 1 fully saturated rings. The maximum absolute atomic E-state index is 13.4. The summed E-state index contributed by atoms with van der Waals surface area (Å²) in [5.74, 6) is -0.171. The quantitative estimate of drug-likeness (QED) is 0.912. The first-order chi connectivity index (χ1) is 9.00. The van der Waals surface area contributed by atoms with Crippen molar-refractivity contribution in [2.24, 2.45) is 0 Å². The van der Waals surface area contributed by atoms with Crippen molar-refractivity contribution in [1.82, 2.24) is 10.2 Å². The summed E-state index contributed by atoms with van der Waals surface area (Å²) in [6, 6.07) is 5.14. The number of benzene rings is 1. The Balaban J connectivity index is 2.08. The van der Waals surface area contributed by atoms with Gasteiger partial charge in [0.1, 0.15) is 5.82 Å². The van der Waals surface area contributed by atoms with Crippen LogP contribution in [0.1, 0.15) is 32.3 Å². The molecule has 0 aromatic heterocycles. The predicted molar refractivity (Wildman–Crippen MR) is 80.7 cm³/mol. The molecule has 1 saturated heterocycles. The Kier molecular flexibility index (Phi) is 4.98. The molecule has 1 aliphatic heterocycles. The molecule has 2 rings (SSSR count). The summed E-state index contributed by atoms with van der Waals surface area (Å²) in [5, 5.41) is 3.62. The fraction of sp³-hybridized carbons (Fsp3) is 0.600. The van der Waals surface area contributed by atoms with E-state index in [-0.39, 0.29) is 11.4 Å². The lowest BCUT2D eigenvalue weighted by atomic mass is 9.98. The molecule has 106 valence electrons. The summed E-state index contributed by atoms with van der Waals surface area (Å²) in [5.41, 5.74) is 1.20. The number of nitrogens with zero attached hydrogens (tertiary/aromatic N) is 1. The molecule has 1 aromatic carbocycles. The van der Waals surface area contributed by atoms with Crippen LogP contribution in [0.3, 0.4) is 0 Å². The minimum absolute atomic E-state index is 0.168.